The van der Waals surface area contributed by atoms with E-state index in [0.29, 0.717) is 25.6 Å². The molecule has 0 spiro atoms. The van der Waals surface area contributed by atoms with Crippen LogP contribution in [0.25, 0.3) is 0 Å². The van der Waals surface area contributed by atoms with Crippen LogP contribution in [0.5, 0.6) is 0 Å². The number of amides is 2. The number of alkyl carbamates (subject to hydrolysis) is 1. The van der Waals surface area contributed by atoms with Crippen molar-refractivity contribution in [3.8, 4) is 0 Å². The Labute approximate surface area is 209 Å². The molecule has 2 atom stereocenters. The third-order valence-corrected chi connectivity index (χ3v) is 6.76. The van der Waals surface area contributed by atoms with E-state index in [4.69, 9.17) is 14.0 Å². The molecule has 2 fully saturated rings. The van der Waals surface area contributed by atoms with Gasteiger partial charge in [-0.1, -0.05) is 0 Å². The van der Waals surface area contributed by atoms with Crippen LogP contribution >= 0.6 is 0 Å². The molecule has 0 bridgehead atoms. The summed E-state index contributed by atoms with van der Waals surface area (Å²) in [7, 11) is 1.45. The van der Waals surface area contributed by atoms with Crippen LogP contribution in [0.1, 0.15) is 61.8 Å². The highest BCUT2D eigenvalue weighted by molar-refractivity contribution is 6.61. The fraction of sp³-hybridized carbons (Fsp3) is 0.750. The first-order valence-electron chi connectivity index (χ1n) is 12.2. The monoisotopic (exact) mass is 489 g/mol. The lowest BCUT2D eigenvalue weighted by Gasteiger charge is -2.32. The SMILES string of the molecule is C[C@@H](NC(=O)OC(C)(C)C)C(=O)N1CC[C@@H](CN(C)c2ncc(B3OC(C)(C)C(C)(C)O3)cn2)C1. The molecule has 194 valence electrons. The molecule has 3 rings (SSSR count). The minimum atomic E-state index is -0.646. The zero-order chi connectivity index (χ0) is 26.2. The maximum atomic E-state index is 12.8. The molecule has 10 nitrogen and oxygen atoms in total. The molecule has 1 aromatic rings. The Hall–Kier alpha value is -2.40. The van der Waals surface area contributed by atoms with Gasteiger partial charge in [-0.3, -0.25) is 4.79 Å². The molecule has 2 saturated heterocycles. The number of likely N-dealkylation sites (tertiary alicyclic amines) is 1. The Morgan fingerprint density at radius 3 is 2.34 bits per heavy atom. The summed E-state index contributed by atoms with van der Waals surface area (Å²) in [6.07, 6.45) is 3.78. The van der Waals surface area contributed by atoms with Gasteiger partial charge in [0.15, 0.2) is 0 Å². The molecule has 0 radical (unpaired) electrons. The van der Waals surface area contributed by atoms with Crippen molar-refractivity contribution in [3.63, 3.8) is 0 Å². The Kier molecular flexibility index (Phi) is 7.71. The fourth-order valence-corrected chi connectivity index (χ4v) is 4.10. The number of ether oxygens (including phenoxy) is 1. The van der Waals surface area contributed by atoms with Crippen LogP contribution in [0.15, 0.2) is 12.4 Å². The molecular weight excluding hydrogens is 449 g/mol. The minimum absolute atomic E-state index is 0.107. The Morgan fingerprint density at radius 1 is 1.23 bits per heavy atom. The van der Waals surface area contributed by atoms with Crippen molar-refractivity contribution in [2.75, 3.05) is 31.6 Å². The summed E-state index contributed by atoms with van der Waals surface area (Å²) in [5, 5.41) is 2.63. The second-order valence-electron chi connectivity index (χ2n) is 11.6. The van der Waals surface area contributed by atoms with Crippen molar-refractivity contribution in [2.45, 2.75) is 84.7 Å². The van der Waals surface area contributed by atoms with Gasteiger partial charge in [0.25, 0.3) is 0 Å². The highest BCUT2D eigenvalue weighted by Crippen LogP contribution is 2.36. The Balaban J connectivity index is 1.50. The lowest BCUT2D eigenvalue weighted by Crippen LogP contribution is -2.47. The summed E-state index contributed by atoms with van der Waals surface area (Å²) in [6.45, 7) is 17.1. The van der Waals surface area contributed by atoms with E-state index in [-0.39, 0.29) is 11.8 Å². The molecule has 1 N–H and O–H groups in total. The van der Waals surface area contributed by atoms with Gasteiger partial charge in [0.05, 0.1) is 11.2 Å². The van der Waals surface area contributed by atoms with E-state index in [1.807, 2.05) is 39.6 Å². The molecule has 0 aliphatic carbocycles. The number of carbonyl (C=O) groups is 2. The first-order chi connectivity index (χ1) is 16.1. The maximum Gasteiger partial charge on any atom is 0.498 e. The first-order valence-corrected chi connectivity index (χ1v) is 12.2. The number of anilines is 1. The van der Waals surface area contributed by atoms with E-state index in [2.05, 4.69) is 15.3 Å². The molecule has 0 unspecified atom stereocenters. The maximum absolute atomic E-state index is 12.8. The van der Waals surface area contributed by atoms with Gasteiger partial charge in [-0.25, -0.2) is 14.8 Å². The van der Waals surface area contributed by atoms with Crippen molar-refractivity contribution in [1.82, 2.24) is 20.2 Å². The van der Waals surface area contributed by atoms with Gasteiger partial charge in [0, 0.05) is 44.5 Å². The van der Waals surface area contributed by atoms with Gasteiger partial charge >= 0.3 is 13.2 Å². The summed E-state index contributed by atoms with van der Waals surface area (Å²) < 4.78 is 17.4. The van der Waals surface area contributed by atoms with Gasteiger partial charge < -0.3 is 29.2 Å². The number of hydrogen-bond donors (Lipinski definition) is 1. The molecule has 2 aliphatic heterocycles. The quantitative estimate of drug-likeness (QED) is 0.605. The number of aromatic nitrogens is 2. The largest absolute Gasteiger partial charge is 0.498 e. The second kappa shape index (κ2) is 9.93. The molecule has 35 heavy (non-hydrogen) atoms. The highest BCUT2D eigenvalue weighted by atomic mass is 16.7. The number of hydrogen-bond acceptors (Lipinski definition) is 8. The van der Waals surface area contributed by atoms with E-state index in [9.17, 15) is 9.59 Å². The van der Waals surface area contributed by atoms with Gasteiger partial charge in [-0.05, 0) is 67.7 Å². The summed E-state index contributed by atoms with van der Waals surface area (Å²) >= 11 is 0. The molecule has 3 heterocycles. The van der Waals surface area contributed by atoms with E-state index in [0.717, 1.165) is 11.9 Å². The Bertz CT molecular complexity index is 902. The molecule has 11 heteroatoms. The Morgan fingerprint density at radius 2 is 1.80 bits per heavy atom. The average Bonchev–Trinajstić information content (AvgIpc) is 3.27. The van der Waals surface area contributed by atoms with Crippen LogP contribution in [0.2, 0.25) is 0 Å². The lowest BCUT2D eigenvalue weighted by atomic mass is 9.81. The second-order valence-corrected chi connectivity index (χ2v) is 11.6. The standard InChI is InChI=1S/C24H40BN5O5/c1-16(28-21(32)33-22(2,3)4)19(31)30-11-10-17(15-30)14-29(9)20-26-12-18(13-27-20)25-34-23(5,6)24(7,8)35-25/h12-13,16-17H,10-11,14-15H2,1-9H3,(H,28,32)/t16-,17+/m1/s1. The average molecular weight is 489 g/mol. The summed E-state index contributed by atoms with van der Waals surface area (Å²) in [6, 6.07) is -0.646. The van der Waals surface area contributed by atoms with E-state index in [1.54, 1.807) is 45.0 Å². The van der Waals surface area contributed by atoms with E-state index < -0.39 is 36.1 Å². The smallest absolute Gasteiger partial charge is 0.444 e. The normalized spacial score (nSPS) is 22.1. The molecular formula is C24H40BN5O5. The summed E-state index contributed by atoms with van der Waals surface area (Å²) in [5.74, 6) is 0.781. The third kappa shape index (κ3) is 6.64. The van der Waals surface area contributed by atoms with Crippen LogP contribution in [0.4, 0.5) is 10.7 Å². The topological polar surface area (TPSA) is 106 Å². The minimum Gasteiger partial charge on any atom is -0.444 e. The molecule has 2 amide bonds. The molecule has 0 saturated carbocycles. The van der Waals surface area contributed by atoms with Crippen LogP contribution in [0.3, 0.4) is 0 Å². The van der Waals surface area contributed by atoms with Gasteiger partial charge in [0.1, 0.15) is 11.6 Å². The van der Waals surface area contributed by atoms with E-state index in [1.165, 1.54) is 0 Å². The zero-order valence-electron chi connectivity index (χ0n) is 22.5. The summed E-state index contributed by atoms with van der Waals surface area (Å²) in [5.41, 5.74) is -0.664. The lowest BCUT2D eigenvalue weighted by molar-refractivity contribution is -0.132. The van der Waals surface area contributed by atoms with Crippen molar-refractivity contribution in [3.05, 3.63) is 12.4 Å². The summed E-state index contributed by atoms with van der Waals surface area (Å²) in [4.78, 5) is 37.6. The van der Waals surface area contributed by atoms with Gasteiger partial charge in [0.2, 0.25) is 11.9 Å². The predicted molar refractivity (Wildman–Crippen MR) is 135 cm³/mol. The van der Waals surface area contributed by atoms with Gasteiger partial charge in [-0.2, -0.15) is 0 Å². The number of nitrogens with one attached hydrogen (secondary N) is 1. The third-order valence-electron chi connectivity index (χ3n) is 6.76. The fourth-order valence-electron chi connectivity index (χ4n) is 4.10. The highest BCUT2D eigenvalue weighted by Gasteiger charge is 2.52. The van der Waals surface area contributed by atoms with Crippen molar-refractivity contribution < 1.29 is 23.6 Å². The number of rotatable bonds is 6. The van der Waals surface area contributed by atoms with Crippen molar-refractivity contribution >= 4 is 30.5 Å². The van der Waals surface area contributed by atoms with E-state index >= 15 is 0 Å². The molecule has 0 aromatic carbocycles. The van der Waals surface area contributed by atoms with Crippen molar-refractivity contribution in [1.29, 1.82) is 0 Å². The van der Waals surface area contributed by atoms with Crippen LogP contribution in [0, 0.1) is 5.92 Å². The van der Waals surface area contributed by atoms with Crippen LogP contribution < -0.4 is 15.7 Å². The molecule has 1 aromatic heterocycles. The zero-order valence-corrected chi connectivity index (χ0v) is 22.5. The van der Waals surface area contributed by atoms with Gasteiger partial charge in [-0.15, -0.1) is 0 Å². The van der Waals surface area contributed by atoms with Crippen molar-refractivity contribution in [2.24, 2.45) is 5.92 Å². The number of carbonyl (C=O) groups excluding carboxylic acids is 2. The van der Waals surface area contributed by atoms with Crippen LogP contribution in [-0.4, -0.2) is 83.5 Å². The predicted octanol–water partition coefficient (Wildman–Crippen LogP) is 1.97. The molecule has 2 aliphatic rings. The van der Waals surface area contributed by atoms with Crippen LogP contribution in [-0.2, 0) is 18.8 Å². The first kappa shape index (κ1) is 27.2. The number of nitrogens with zero attached hydrogens (tertiary/aromatic N) is 4.